The Kier molecular flexibility index (Phi) is 5.63. The highest BCUT2D eigenvalue weighted by Gasteiger charge is 2.13. The smallest absolute Gasteiger partial charge is 0.256 e. The zero-order chi connectivity index (χ0) is 19.9. The quantitative estimate of drug-likeness (QED) is 0.374. The Morgan fingerprint density at radius 1 is 0.862 bits per heavy atom. The largest absolute Gasteiger partial charge is 0.319 e. The number of aromatic nitrogens is 2. The molecule has 1 N–H and O–H groups in total. The fraction of sp³-hybridized carbons (Fsp3) is 0.0400. The highest BCUT2D eigenvalue weighted by Crippen LogP contribution is 2.20. The molecule has 4 heteroatoms. The number of carbonyl (C=O) groups is 1. The summed E-state index contributed by atoms with van der Waals surface area (Å²) in [6, 6.07) is 29.6. The van der Waals surface area contributed by atoms with E-state index in [0.29, 0.717) is 17.8 Å². The molecule has 29 heavy (non-hydrogen) atoms. The molecule has 0 fully saturated rings. The van der Waals surface area contributed by atoms with Gasteiger partial charge in [0.25, 0.3) is 5.91 Å². The molecular weight excluding hydrogens is 358 g/mol. The van der Waals surface area contributed by atoms with Crippen LogP contribution in [0.5, 0.6) is 0 Å². The third kappa shape index (κ3) is 4.87. The van der Waals surface area contributed by atoms with Gasteiger partial charge >= 0.3 is 0 Å². The van der Waals surface area contributed by atoms with E-state index in [4.69, 9.17) is 0 Å². The average molecular weight is 379 g/mol. The lowest BCUT2D eigenvalue weighted by Gasteiger charge is -2.08. The highest BCUT2D eigenvalue weighted by molar-refractivity contribution is 6.29. The van der Waals surface area contributed by atoms with E-state index in [0.717, 1.165) is 16.7 Å². The van der Waals surface area contributed by atoms with E-state index in [1.54, 1.807) is 6.20 Å². The van der Waals surface area contributed by atoms with Gasteiger partial charge < -0.3 is 5.32 Å². The Labute approximate surface area is 170 Å². The van der Waals surface area contributed by atoms with E-state index in [-0.39, 0.29) is 5.91 Å². The zero-order valence-electron chi connectivity index (χ0n) is 15.9. The molecule has 3 aromatic carbocycles. The van der Waals surface area contributed by atoms with Crippen LogP contribution in [0.2, 0.25) is 0 Å². The molecule has 0 bridgehead atoms. The number of carbonyl (C=O) groups excluding carboxylic acids is 1. The first kappa shape index (κ1) is 18.4. The van der Waals surface area contributed by atoms with Gasteiger partial charge in [0.05, 0.1) is 18.4 Å². The zero-order valence-corrected chi connectivity index (χ0v) is 15.9. The number of nitrogens with one attached hydrogen (secondary N) is 1. The molecule has 0 aliphatic rings. The van der Waals surface area contributed by atoms with E-state index in [1.165, 1.54) is 0 Å². The lowest BCUT2D eigenvalue weighted by Crippen LogP contribution is -2.13. The van der Waals surface area contributed by atoms with Crippen molar-refractivity contribution in [1.29, 1.82) is 0 Å². The van der Waals surface area contributed by atoms with Crippen molar-refractivity contribution < 1.29 is 4.79 Å². The number of amides is 1. The first-order valence-electron chi connectivity index (χ1n) is 9.48. The lowest BCUT2D eigenvalue weighted by molar-refractivity contribution is -0.111. The maximum atomic E-state index is 13.1. The lowest BCUT2D eigenvalue weighted by atomic mass is 10.0. The fourth-order valence-corrected chi connectivity index (χ4v) is 3.10. The minimum atomic E-state index is -0.167. The van der Waals surface area contributed by atoms with Crippen molar-refractivity contribution >= 4 is 23.2 Å². The maximum absolute atomic E-state index is 13.1. The summed E-state index contributed by atoms with van der Waals surface area (Å²) < 4.78 is 1.81. The van der Waals surface area contributed by atoms with Gasteiger partial charge in [-0.15, -0.1) is 0 Å². The van der Waals surface area contributed by atoms with Gasteiger partial charge in [0.1, 0.15) is 0 Å². The second-order valence-electron chi connectivity index (χ2n) is 6.70. The summed E-state index contributed by atoms with van der Waals surface area (Å²) in [6.45, 7) is 0.655. The summed E-state index contributed by atoms with van der Waals surface area (Å²) in [5.74, 6) is -0.167. The van der Waals surface area contributed by atoms with Gasteiger partial charge in [-0.25, -0.2) is 0 Å². The van der Waals surface area contributed by atoms with Crippen LogP contribution < -0.4 is 5.32 Å². The van der Waals surface area contributed by atoms with Crippen LogP contribution in [0.1, 0.15) is 16.7 Å². The maximum Gasteiger partial charge on any atom is 0.256 e. The van der Waals surface area contributed by atoms with Crippen molar-refractivity contribution in [3.05, 3.63) is 120 Å². The molecule has 0 unspecified atom stereocenters. The molecule has 0 aliphatic heterocycles. The van der Waals surface area contributed by atoms with Crippen LogP contribution in [0, 0.1) is 0 Å². The summed E-state index contributed by atoms with van der Waals surface area (Å²) in [4.78, 5) is 13.1. The minimum absolute atomic E-state index is 0.167. The van der Waals surface area contributed by atoms with Crippen molar-refractivity contribution in [2.45, 2.75) is 6.54 Å². The fourth-order valence-electron chi connectivity index (χ4n) is 3.10. The van der Waals surface area contributed by atoms with Crippen molar-refractivity contribution in [1.82, 2.24) is 9.78 Å². The number of nitrogens with zero attached hydrogens (tertiary/aromatic N) is 2. The number of hydrogen-bond donors (Lipinski definition) is 1. The Morgan fingerprint density at radius 2 is 1.48 bits per heavy atom. The molecule has 0 saturated carbocycles. The van der Waals surface area contributed by atoms with E-state index >= 15 is 0 Å². The van der Waals surface area contributed by atoms with E-state index < -0.39 is 0 Å². The van der Waals surface area contributed by atoms with E-state index in [2.05, 4.69) is 22.5 Å². The van der Waals surface area contributed by atoms with E-state index in [1.807, 2.05) is 95.8 Å². The topological polar surface area (TPSA) is 46.9 Å². The predicted molar refractivity (Wildman–Crippen MR) is 117 cm³/mol. The van der Waals surface area contributed by atoms with Crippen LogP contribution >= 0.6 is 0 Å². The molecule has 0 radical (unpaired) electrons. The minimum Gasteiger partial charge on any atom is -0.319 e. The van der Waals surface area contributed by atoms with Crippen molar-refractivity contribution in [3.63, 3.8) is 0 Å². The van der Waals surface area contributed by atoms with Gasteiger partial charge in [0.2, 0.25) is 0 Å². The number of rotatable bonds is 6. The molecule has 0 atom stereocenters. The van der Waals surface area contributed by atoms with Crippen LogP contribution in [-0.4, -0.2) is 15.7 Å². The Hall–Kier alpha value is -3.92. The molecule has 142 valence electrons. The summed E-state index contributed by atoms with van der Waals surface area (Å²) in [6.07, 6.45) is 5.42. The van der Waals surface area contributed by atoms with Crippen molar-refractivity contribution in [3.8, 4) is 0 Å². The number of anilines is 1. The molecule has 4 rings (SSSR count). The molecule has 0 aliphatic carbocycles. The van der Waals surface area contributed by atoms with Crippen LogP contribution in [-0.2, 0) is 11.3 Å². The van der Waals surface area contributed by atoms with E-state index in [9.17, 15) is 4.79 Å². The second kappa shape index (κ2) is 8.85. The Bertz CT molecular complexity index is 1100. The van der Waals surface area contributed by atoms with Crippen LogP contribution in [0.4, 0.5) is 5.69 Å². The third-order valence-electron chi connectivity index (χ3n) is 4.52. The molecule has 4 nitrogen and oxygen atoms in total. The summed E-state index contributed by atoms with van der Waals surface area (Å²) in [5, 5.41) is 7.34. The molecule has 1 amide bonds. The molecule has 1 heterocycles. The molecular formula is C25H21N3O. The van der Waals surface area contributed by atoms with Crippen LogP contribution in [0.15, 0.2) is 103 Å². The molecule has 0 spiro atoms. The number of benzene rings is 3. The predicted octanol–water partition coefficient (Wildman–Crippen LogP) is 5.11. The standard InChI is InChI=1S/C25H21N3O/c29-25(27-23-17-26-28(19-23)18-21-12-6-2-7-13-21)24(22-14-8-3-9-15-22)16-20-10-4-1-5-11-20/h1-17,19H,18H2,(H,27,29)/b24-16-. The van der Waals surface area contributed by atoms with Crippen molar-refractivity contribution in [2.75, 3.05) is 5.32 Å². The summed E-state index contributed by atoms with van der Waals surface area (Å²) >= 11 is 0. The molecule has 4 aromatic rings. The Morgan fingerprint density at radius 3 is 2.17 bits per heavy atom. The van der Waals surface area contributed by atoms with Crippen molar-refractivity contribution in [2.24, 2.45) is 0 Å². The molecule has 0 saturated heterocycles. The normalized spacial score (nSPS) is 11.2. The van der Waals surface area contributed by atoms with Crippen LogP contribution in [0.25, 0.3) is 11.6 Å². The average Bonchev–Trinajstić information content (AvgIpc) is 3.20. The van der Waals surface area contributed by atoms with Gasteiger partial charge in [-0.05, 0) is 22.8 Å². The van der Waals surface area contributed by atoms with Gasteiger partial charge in [-0.1, -0.05) is 91.0 Å². The van der Waals surface area contributed by atoms with Gasteiger partial charge in [-0.2, -0.15) is 5.10 Å². The SMILES string of the molecule is O=C(Nc1cnn(Cc2ccccc2)c1)/C(=C\c1ccccc1)c1ccccc1. The summed E-state index contributed by atoms with van der Waals surface area (Å²) in [5.41, 5.74) is 4.27. The molecule has 1 aromatic heterocycles. The second-order valence-corrected chi connectivity index (χ2v) is 6.70. The summed E-state index contributed by atoms with van der Waals surface area (Å²) in [7, 11) is 0. The van der Waals surface area contributed by atoms with Gasteiger partial charge in [0.15, 0.2) is 0 Å². The van der Waals surface area contributed by atoms with Gasteiger partial charge in [-0.3, -0.25) is 9.48 Å². The Balaban J connectivity index is 1.55. The first-order chi connectivity index (χ1) is 14.3. The first-order valence-corrected chi connectivity index (χ1v) is 9.48. The number of hydrogen-bond acceptors (Lipinski definition) is 2. The van der Waals surface area contributed by atoms with Gasteiger partial charge in [0, 0.05) is 11.8 Å². The highest BCUT2D eigenvalue weighted by atomic mass is 16.1. The third-order valence-corrected chi connectivity index (χ3v) is 4.52. The monoisotopic (exact) mass is 379 g/mol. The van der Waals surface area contributed by atoms with Crippen LogP contribution in [0.3, 0.4) is 0 Å².